The van der Waals surface area contributed by atoms with Gasteiger partial charge >= 0.3 is 6.09 Å². The number of methoxy groups -OCH3 is 1. The molecule has 3 atom stereocenters. The van der Waals surface area contributed by atoms with E-state index in [0.717, 1.165) is 48.4 Å². The van der Waals surface area contributed by atoms with Crippen molar-refractivity contribution in [2.24, 2.45) is 0 Å². The first-order valence-corrected chi connectivity index (χ1v) is 13.4. The maximum Gasteiger partial charge on any atom is 0.410 e. The lowest BCUT2D eigenvalue weighted by atomic mass is 9.74. The number of piperidine rings is 1. The van der Waals surface area contributed by atoms with Crippen LogP contribution in [-0.4, -0.2) is 55.3 Å². The van der Waals surface area contributed by atoms with E-state index in [4.69, 9.17) is 9.47 Å². The van der Waals surface area contributed by atoms with Crippen LogP contribution in [0.2, 0.25) is 0 Å². The van der Waals surface area contributed by atoms with Gasteiger partial charge in [-0.2, -0.15) is 0 Å². The van der Waals surface area contributed by atoms with Gasteiger partial charge in [0.05, 0.1) is 13.2 Å². The first-order chi connectivity index (χ1) is 17.6. The fourth-order valence-electron chi connectivity index (χ4n) is 6.46. The molecule has 0 aromatic heterocycles. The average Bonchev–Trinajstić information content (AvgIpc) is 3.29. The normalized spacial score (nSPS) is 25.8. The molecule has 0 bridgehead atoms. The molecular formula is C30H39N3O4. The standard InChI is InChI=1S/C30H39N3O4/c1-29(2,3)37-28(35)33-15-9-14-30(18-22(19-31-30)20-10-7-6-8-11-20)27(33)23-17-24-21(16-25(23)36-5)12-13-26(34)32(24)4/h6-8,10-11,16-17,22,27,31H,9,12-15,18-19H2,1-5H3/t22-,27+,30-/m0/s1. The van der Waals surface area contributed by atoms with Crippen molar-refractivity contribution in [2.45, 2.75) is 76.0 Å². The minimum atomic E-state index is -0.603. The Hall–Kier alpha value is -3.06. The predicted octanol–water partition coefficient (Wildman–Crippen LogP) is 5.19. The van der Waals surface area contributed by atoms with Crippen molar-refractivity contribution < 1.29 is 19.1 Å². The molecule has 37 heavy (non-hydrogen) atoms. The highest BCUT2D eigenvalue weighted by Crippen LogP contribution is 2.51. The van der Waals surface area contributed by atoms with E-state index < -0.39 is 5.60 Å². The molecule has 0 radical (unpaired) electrons. The number of amides is 2. The van der Waals surface area contributed by atoms with E-state index in [1.54, 1.807) is 12.0 Å². The van der Waals surface area contributed by atoms with Crippen molar-refractivity contribution in [3.8, 4) is 5.75 Å². The number of anilines is 1. The molecule has 3 aliphatic heterocycles. The van der Waals surface area contributed by atoms with Gasteiger partial charge in [0.2, 0.25) is 5.91 Å². The summed E-state index contributed by atoms with van der Waals surface area (Å²) in [5.41, 5.74) is 3.29. The number of aryl methyl sites for hydroxylation is 1. The van der Waals surface area contributed by atoms with Crippen LogP contribution in [0.5, 0.6) is 5.75 Å². The number of nitrogens with zero attached hydrogens (tertiary/aromatic N) is 2. The van der Waals surface area contributed by atoms with Crippen LogP contribution in [0.4, 0.5) is 10.5 Å². The van der Waals surface area contributed by atoms with Crippen LogP contribution in [0, 0.1) is 0 Å². The Morgan fingerprint density at radius 2 is 1.89 bits per heavy atom. The Morgan fingerprint density at radius 1 is 1.14 bits per heavy atom. The van der Waals surface area contributed by atoms with E-state index in [1.165, 1.54) is 5.56 Å². The van der Waals surface area contributed by atoms with Crippen molar-refractivity contribution in [1.82, 2.24) is 10.2 Å². The highest BCUT2D eigenvalue weighted by molar-refractivity contribution is 5.96. The Labute approximate surface area is 220 Å². The third-order valence-corrected chi connectivity index (χ3v) is 8.14. The fraction of sp³-hybridized carbons (Fsp3) is 0.533. The highest BCUT2D eigenvalue weighted by atomic mass is 16.6. The summed E-state index contributed by atoms with van der Waals surface area (Å²) in [5.74, 6) is 1.20. The zero-order valence-corrected chi connectivity index (χ0v) is 22.7. The zero-order chi connectivity index (χ0) is 26.4. The molecule has 198 valence electrons. The van der Waals surface area contributed by atoms with E-state index >= 15 is 0 Å². The highest BCUT2D eigenvalue weighted by Gasteiger charge is 2.53. The average molecular weight is 506 g/mol. The van der Waals surface area contributed by atoms with Gasteiger partial charge in [-0.3, -0.25) is 9.69 Å². The van der Waals surface area contributed by atoms with Crippen molar-refractivity contribution in [1.29, 1.82) is 0 Å². The zero-order valence-electron chi connectivity index (χ0n) is 22.7. The number of benzene rings is 2. The van der Waals surface area contributed by atoms with Gasteiger partial charge in [-0.05, 0) is 75.6 Å². The second-order valence-electron chi connectivity index (χ2n) is 11.7. The molecule has 7 nitrogen and oxygen atoms in total. The van der Waals surface area contributed by atoms with Gasteiger partial charge in [0.15, 0.2) is 0 Å². The molecule has 7 heteroatoms. The van der Waals surface area contributed by atoms with E-state index in [2.05, 4.69) is 41.7 Å². The monoisotopic (exact) mass is 505 g/mol. The molecule has 1 N–H and O–H groups in total. The number of likely N-dealkylation sites (tertiary alicyclic amines) is 1. The van der Waals surface area contributed by atoms with Crippen molar-refractivity contribution >= 4 is 17.7 Å². The number of hydrogen-bond acceptors (Lipinski definition) is 5. The van der Waals surface area contributed by atoms with Crippen LogP contribution >= 0.6 is 0 Å². The molecule has 2 aromatic rings. The van der Waals surface area contributed by atoms with Gasteiger partial charge in [-0.1, -0.05) is 30.3 Å². The molecule has 3 heterocycles. The maximum atomic E-state index is 13.7. The van der Waals surface area contributed by atoms with Crippen molar-refractivity contribution in [3.63, 3.8) is 0 Å². The lowest BCUT2D eigenvalue weighted by Crippen LogP contribution is -2.58. The Morgan fingerprint density at radius 3 is 2.59 bits per heavy atom. The molecule has 3 aliphatic rings. The number of nitrogens with one attached hydrogen (secondary N) is 1. The van der Waals surface area contributed by atoms with Crippen LogP contribution in [0.15, 0.2) is 42.5 Å². The molecule has 5 rings (SSSR count). The van der Waals surface area contributed by atoms with Crippen LogP contribution in [-0.2, 0) is 16.0 Å². The van der Waals surface area contributed by atoms with E-state index in [-0.39, 0.29) is 23.6 Å². The number of rotatable bonds is 3. The number of hydrogen-bond donors (Lipinski definition) is 1. The molecule has 0 unspecified atom stereocenters. The molecule has 0 aliphatic carbocycles. The van der Waals surface area contributed by atoms with Gasteiger partial charge in [0.25, 0.3) is 0 Å². The summed E-state index contributed by atoms with van der Waals surface area (Å²) in [4.78, 5) is 29.9. The number of carbonyl (C=O) groups is 2. The predicted molar refractivity (Wildman–Crippen MR) is 144 cm³/mol. The summed E-state index contributed by atoms with van der Waals surface area (Å²) in [7, 11) is 3.52. The van der Waals surface area contributed by atoms with Gasteiger partial charge in [-0.15, -0.1) is 0 Å². The molecule has 2 aromatic carbocycles. The Bertz CT molecular complexity index is 1180. The number of fused-ring (bicyclic) bond motifs is 1. The summed E-state index contributed by atoms with van der Waals surface area (Å²) < 4.78 is 11.9. The summed E-state index contributed by atoms with van der Waals surface area (Å²) in [6.07, 6.45) is 3.59. The first-order valence-electron chi connectivity index (χ1n) is 13.4. The number of carbonyl (C=O) groups excluding carboxylic acids is 2. The third-order valence-electron chi connectivity index (χ3n) is 8.14. The number of ether oxygens (including phenoxy) is 2. The van der Waals surface area contributed by atoms with Crippen LogP contribution in [0.1, 0.15) is 75.1 Å². The molecule has 0 saturated carbocycles. The minimum Gasteiger partial charge on any atom is -0.496 e. The van der Waals surface area contributed by atoms with E-state index in [1.807, 2.05) is 38.8 Å². The van der Waals surface area contributed by atoms with Gasteiger partial charge < -0.3 is 19.7 Å². The second kappa shape index (κ2) is 9.67. The third kappa shape index (κ3) is 4.81. The quantitative estimate of drug-likeness (QED) is 0.622. The van der Waals surface area contributed by atoms with Gasteiger partial charge in [0.1, 0.15) is 11.4 Å². The Kier molecular flexibility index (Phi) is 6.69. The van der Waals surface area contributed by atoms with Crippen molar-refractivity contribution in [2.75, 3.05) is 32.1 Å². The minimum absolute atomic E-state index is 0.106. The van der Waals surface area contributed by atoms with Crippen molar-refractivity contribution in [3.05, 3.63) is 59.2 Å². The Balaban J connectivity index is 1.62. The van der Waals surface area contributed by atoms with Gasteiger partial charge in [0, 0.05) is 43.3 Å². The van der Waals surface area contributed by atoms with E-state index in [0.29, 0.717) is 25.3 Å². The van der Waals surface area contributed by atoms with E-state index in [9.17, 15) is 9.59 Å². The molecule has 1 spiro atoms. The lowest BCUT2D eigenvalue weighted by molar-refractivity contribution is -0.118. The summed E-state index contributed by atoms with van der Waals surface area (Å²) in [6.45, 7) is 7.15. The van der Waals surface area contributed by atoms with Crippen LogP contribution < -0.4 is 15.0 Å². The largest absolute Gasteiger partial charge is 0.496 e. The lowest BCUT2D eigenvalue weighted by Gasteiger charge is -2.49. The first kappa shape index (κ1) is 25.6. The fourth-order valence-corrected chi connectivity index (χ4v) is 6.46. The maximum absolute atomic E-state index is 13.7. The van der Waals surface area contributed by atoms with Gasteiger partial charge in [-0.25, -0.2) is 4.79 Å². The summed E-state index contributed by atoms with van der Waals surface area (Å²) >= 11 is 0. The molecular weight excluding hydrogens is 466 g/mol. The molecule has 2 amide bonds. The SMILES string of the molecule is COc1cc2c(cc1[C@H]1N(C(=O)OC(C)(C)C)CCC[C@]13C[C@H](c1ccccc1)CN3)N(C)C(=O)CC2. The van der Waals surface area contributed by atoms with Crippen LogP contribution in [0.25, 0.3) is 0 Å². The van der Waals surface area contributed by atoms with Crippen LogP contribution in [0.3, 0.4) is 0 Å². The summed E-state index contributed by atoms with van der Waals surface area (Å²) in [6, 6.07) is 14.4. The molecule has 2 fully saturated rings. The summed E-state index contributed by atoms with van der Waals surface area (Å²) in [5, 5.41) is 3.88. The smallest absolute Gasteiger partial charge is 0.410 e. The molecule has 2 saturated heterocycles. The second-order valence-corrected chi connectivity index (χ2v) is 11.7. The topological polar surface area (TPSA) is 71.1 Å².